The zero-order valence-electron chi connectivity index (χ0n) is 11.7. The molecule has 1 aliphatic rings. The summed E-state index contributed by atoms with van der Waals surface area (Å²) in [7, 11) is -3.82. The molecule has 0 aliphatic carbocycles. The molecule has 0 aromatic heterocycles. The van der Waals surface area contributed by atoms with Crippen molar-refractivity contribution in [2.45, 2.75) is 32.3 Å². The maximum absolute atomic E-state index is 11.9. The van der Waals surface area contributed by atoms with Crippen LogP contribution in [0.2, 0.25) is 0 Å². The SMILES string of the molecule is CCOC(=O)NS(=O)(=O)N1CCC(OCCCN)CC1. The molecule has 0 aromatic carbocycles. The van der Waals surface area contributed by atoms with Crippen LogP contribution in [0.1, 0.15) is 26.2 Å². The highest BCUT2D eigenvalue weighted by atomic mass is 32.2. The van der Waals surface area contributed by atoms with Gasteiger partial charge in [-0.25, -0.2) is 9.52 Å². The summed E-state index contributed by atoms with van der Waals surface area (Å²) in [6.45, 7) is 3.55. The quantitative estimate of drug-likeness (QED) is 0.630. The Kier molecular flexibility index (Phi) is 7.20. The Hall–Kier alpha value is -0.900. The number of hydrogen-bond acceptors (Lipinski definition) is 6. The predicted molar refractivity (Wildman–Crippen MR) is 73.3 cm³/mol. The van der Waals surface area contributed by atoms with Crippen LogP contribution in [-0.4, -0.2) is 57.8 Å². The second kappa shape index (κ2) is 8.40. The molecule has 1 heterocycles. The van der Waals surface area contributed by atoms with Crippen LogP contribution in [0.4, 0.5) is 4.79 Å². The standard InChI is InChI=1S/C11H23N3O5S/c1-2-18-11(15)13-20(16,17)14-7-4-10(5-8-14)19-9-3-6-12/h10H,2-9,12H2,1H3,(H,13,15). The Balaban J connectivity index is 2.38. The van der Waals surface area contributed by atoms with Crippen molar-refractivity contribution in [3.8, 4) is 0 Å². The average Bonchev–Trinajstić information content (AvgIpc) is 2.39. The molecular formula is C11H23N3O5S. The number of hydrogen-bond donors (Lipinski definition) is 2. The lowest BCUT2D eigenvalue weighted by atomic mass is 10.1. The van der Waals surface area contributed by atoms with E-state index in [1.165, 1.54) is 4.31 Å². The van der Waals surface area contributed by atoms with E-state index in [4.69, 9.17) is 10.5 Å². The van der Waals surface area contributed by atoms with Crippen LogP contribution in [0.3, 0.4) is 0 Å². The van der Waals surface area contributed by atoms with Crippen LogP contribution in [0.25, 0.3) is 0 Å². The molecule has 3 N–H and O–H groups in total. The first kappa shape index (κ1) is 17.2. The molecule has 0 saturated carbocycles. The van der Waals surface area contributed by atoms with Gasteiger partial charge >= 0.3 is 16.3 Å². The Bertz CT molecular complexity index is 393. The number of nitrogens with one attached hydrogen (secondary N) is 1. The molecule has 0 radical (unpaired) electrons. The first-order valence-corrected chi connectivity index (χ1v) is 8.20. The van der Waals surface area contributed by atoms with Crippen molar-refractivity contribution in [3.63, 3.8) is 0 Å². The number of amides is 1. The molecule has 1 fully saturated rings. The smallest absolute Gasteiger partial charge is 0.421 e. The number of carbonyl (C=O) groups excluding carboxylic acids is 1. The summed E-state index contributed by atoms with van der Waals surface area (Å²) in [5.41, 5.74) is 5.37. The molecule has 0 spiro atoms. The highest BCUT2D eigenvalue weighted by Gasteiger charge is 2.29. The molecule has 1 saturated heterocycles. The van der Waals surface area contributed by atoms with Crippen LogP contribution in [0, 0.1) is 0 Å². The minimum atomic E-state index is -3.82. The molecule has 20 heavy (non-hydrogen) atoms. The van der Waals surface area contributed by atoms with Crippen molar-refractivity contribution in [2.24, 2.45) is 5.73 Å². The van der Waals surface area contributed by atoms with Crippen molar-refractivity contribution in [3.05, 3.63) is 0 Å². The highest BCUT2D eigenvalue weighted by Crippen LogP contribution is 2.16. The Morgan fingerprint density at radius 2 is 2.05 bits per heavy atom. The third kappa shape index (κ3) is 5.61. The van der Waals surface area contributed by atoms with Crippen molar-refractivity contribution in [1.82, 2.24) is 9.03 Å². The summed E-state index contributed by atoms with van der Waals surface area (Å²) in [4.78, 5) is 11.2. The van der Waals surface area contributed by atoms with Gasteiger partial charge in [0.1, 0.15) is 0 Å². The monoisotopic (exact) mass is 309 g/mol. The zero-order valence-corrected chi connectivity index (χ0v) is 12.5. The van der Waals surface area contributed by atoms with Crippen LogP contribution in [0.5, 0.6) is 0 Å². The topological polar surface area (TPSA) is 111 Å². The Morgan fingerprint density at radius 1 is 1.40 bits per heavy atom. The lowest BCUT2D eigenvalue weighted by Crippen LogP contribution is -2.48. The summed E-state index contributed by atoms with van der Waals surface area (Å²) in [6.07, 6.45) is 1.11. The van der Waals surface area contributed by atoms with Crippen LogP contribution in [0.15, 0.2) is 0 Å². The van der Waals surface area contributed by atoms with E-state index in [9.17, 15) is 13.2 Å². The molecule has 0 bridgehead atoms. The van der Waals surface area contributed by atoms with Crippen LogP contribution in [-0.2, 0) is 19.7 Å². The number of ether oxygens (including phenoxy) is 2. The molecule has 0 unspecified atom stereocenters. The van der Waals surface area contributed by atoms with Crippen LogP contribution >= 0.6 is 0 Å². The average molecular weight is 309 g/mol. The summed E-state index contributed by atoms with van der Waals surface area (Å²) in [6, 6.07) is 0. The largest absolute Gasteiger partial charge is 0.449 e. The summed E-state index contributed by atoms with van der Waals surface area (Å²) in [5.74, 6) is 0. The van der Waals surface area contributed by atoms with Gasteiger partial charge < -0.3 is 15.2 Å². The third-order valence-corrected chi connectivity index (χ3v) is 4.40. The molecule has 1 amide bonds. The van der Waals surface area contributed by atoms with E-state index < -0.39 is 16.3 Å². The fraction of sp³-hybridized carbons (Fsp3) is 0.909. The maximum atomic E-state index is 11.9. The van der Waals surface area contributed by atoms with Gasteiger partial charge in [0, 0.05) is 19.7 Å². The molecule has 118 valence electrons. The second-order valence-corrected chi connectivity index (χ2v) is 6.11. The zero-order chi connectivity index (χ0) is 15.0. The van der Waals surface area contributed by atoms with Gasteiger partial charge in [-0.1, -0.05) is 0 Å². The van der Waals surface area contributed by atoms with E-state index in [1.807, 2.05) is 4.72 Å². The fourth-order valence-corrected chi connectivity index (χ4v) is 2.99. The van der Waals surface area contributed by atoms with Gasteiger partial charge in [-0.3, -0.25) is 0 Å². The van der Waals surface area contributed by atoms with Crippen molar-refractivity contribution < 1.29 is 22.7 Å². The maximum Gasteiger partial charge on any atom is 0.421 e. The lowest BCUT2D eigenvalue weighted by molar-refractivity contribution is 0.0207. The molecule has 9 heteroatoms. The van der Waals surface area contributed by atoms with Gasteiger partial charge in [0.25, 0.3) is 0 Å². The highest BCUT2D eigenvalue weighted by molar-refractivity contribution is 7.87. The third-order valence-electron chi connectivity index (χ3n) is 2.93. The number of piperidine rings is 1. The summed E-state index contributed by atoms with van der Waals surface area (Å²) < 4.78 is 37.0. The van der Waals surface area contributed by atoms with Crippen molar-refractivity contribution in [2.75, 3.05) is 32.8 Å². The first-order chi connectivity index (χ1) is 9.49. The normalized spacial score (nSPS) is 17.9. The van der Waals surface area contributed by atoms with Crippen molar-refractivity contribution in [1.29, 1.82) is 0 Å². The van der Waals surface area contributed by atoms with E-state index in [0.29, 0.717) is 39.1 Å². The minimum absolute atomic E-state index is 0.0515. The van der Waals surface area contributed by atoms with E-state index in [-0.39, 0.29) is 12.7 Å². The Morgan fingerprint density at radius 3 is 2.60 bits per heavy atom. The van der Waals surface area contributed by atoms with Crippen molar-refractivity contribution >= 4 is 16.3 Å². The van der Waals surface area contributed by atoms with E-state index >= 15 is 0 Å². The summed E-state index contributed by atoms with van der Waals surface area (Å²) in [5, 5.41) is 0. The van der Waals surface area contributed by atoms with Gasteiger partial charge in [-0.2, -0.15) is 12.7 Å². The molecule has 1 aliphatic heterocycles. The lowest BCUT2D eigenvalue weighted by Gasteiger charge is -2.30. The van der Waals surface area contributed by atoms with Crippen LogP contribution < -0.4 is 10.5 Å². The van der Waals surface area contributed by atoms with E-state index in [2.05, 4.69) is 4.74 Å². The molecular weight excluding hydrogens is 286 g/mol. The second-order valence-electron chi connectivity index (χ2n) is 4.44. The predicted octanol–water partition coefficient (Wildman–Crippen LogP) is -0.193. The molecule has 1 rings (SSSR count). The number of rotatable bonds is 7. The fourth-order valence-electron chi connectivity index (χ4n) is 1.90. The van der Waals surface area contributed by atoms with Gasteiger partial charge in [-0.05, 0) is 32.7 Å². The van der Waals surface area contributed by atoms with E-state index in [1.54, 1.807) is 6.92 Å². The molecule has 8 nitrogen and oxygen atoms in total. The molecule has 0 atom stereocenters. The van der Waals surface area contributed by atoms with Gasteiger partial charge in [0.05, 0.1) is 12.7 Å². The van der Waals surface area contributed by atoms with E-state index in [0.717, 1.165) is 6.42 Å². The molecule has 0 aromatic rings. The minimum Gasteiger partial charge on any atom is -0.449 e. The Labute approximate surface area is 119 Å². The summed E-state index contributed by atoms with van der Waals surface area (Å²) >= 11 is 0. The first-order valence-electron chi connectivity index (χ1n) is 6.76. The van der Waals surface area contributed by atoms with Gasteiger partial charge in [0.2, 0.25) is 0 Å². The number of carbonyl (C=O) groups is 1. The number of nitrogens with two attached hydrogens (primary N) is 1. The number of nitrogens with zero attached hydrogens (tertiary/aromatic N) is 1. The van der Waals surface area contributed by atoms with Gasteiger partial charge in [0.15, 0.2) is 0 Å². The van der Waals surface area contributed by atoms with Gasteiger partial charge in [-0.15, -0.1) is 0 Å².